The van der Waals surface area contributed by atoms with Gasteiger partial charge in [0.05, 0.1) is 12.4 Å². The topological polar surface area (TPSA) is 81.3 Å². The van der Waals surface area contributed by atoms with E-state index in [-0.39, 0.29) is 5.91 Å². The molecule has 134 valence electrons. The van der Waals surface area contributed by atoms with Crippen LogP contribution in [0.1, 0.15) is 18.4 Å². The molecule has 3 rings (SSSR count). The first kappa shape index (κ1) is 18.0. The number of nitrogens with zero attached hydrogens (tertiary/aromatic N) is 3. The predicted octanol–water partition coefficient (Wildman–Crippen LogP) is 2.84. The minimum absolute atomic E-state index is 0.138. The fourth-order valence-corrected chi connectivity index (χ4v) is 4.39. The summed E-state index contributed by atoms with van der Waals surface area (Å²) in [6.45, 7) is 4.26. The van der Waals surface area contributed by atoms with Gasteiger partial charge in [0.15, 0.2) is 4.34 Å². The van der Waals surface area contributed by atoms with Gasteiger partial charge in [0, 0.05) is 19.0 Å². The van der Waals surface area contributed by atoms with Gasteiger partial charge in [-0.1, -0.05) is 41.3 Å². The van der Waals surface area contributed by atoms with E-state index in [9.17, 15) is 4.79 Å². The molecule has 0 saturated carbocycles. The largest absolute Gasteiger partial charge is 0.493 e. The van der Waals surface area contributed by atoms with Crippen LogP contribution in [-0.4, -0.2) is 46.5 Å². The van der Waals surface area contributed by atoms with Crippen molar-refractivity contribution in [3.8, 4) is 5.75 Å². The number of thioether (sulfide) groups is 1. The molecule has 1 amide bonds. The number of para-hydroxylation sites is 1. The molecule has 0 radical (unpaired) electrons. The van der Waals surface area contributed by atoms with Gasteiger partial charge in [-0.25, -0.2) is 0 Å². The summed E-state index contributed by atoms with van der Waals surface area (Å²) in [5.74, 6) is 1.81. The quantitative estimate of drug-likeness (QED) is 0.779. The Balaban J connectivity index is 1.47. The highest BCUT2D eigenvalue weighted by atomic mass is 32.2. The van der Waals surface area contributed by atoms with Gasteiger partial charge in [0.25, 0.3) is 0 Å². The molecule has 0 spiro atoms. The van der Waals surface area contributed by atoms with E-state index in [1.807, 2.05) is 36.1 Å². The van der Waals surface area contributed by atoms with Crippen LogP contribution in [0.15, 0.2) is 28.6 Å². The summed E-state index contributed by atoms with van der Waals surface area (Å²) in [6, 6.07) is 8.03. The van der Waals surface area contributed by atoms with Crippen LogP contribution in [0.5, 0.6) is 5.75 Å². The molecule has 0 aliphatic carbocycles. The van der Waals surface area contributed by atoms with Crippen LogP contribution < -0.4 is 10.5 Å². The number of nitrogen functional groups attached to an aromatic ring is 1. The van der Waals surface area contributed by atoms with E-state index in [0.29, 0.717) is 23.4 Å². The highest BCUT2D eigenvalue weighted by Crippen LogP contribution is 2.25. The van der Waals surface area contributed by atoms with Crippen molar-refractivity contribution in [1.29, 1.82) is 0 Å². The van der Waals surface area contributed by atoms with Crippen molar-refractivity contribution in [2.75, 3.05) is 31.2 Å². The van der Waals surface area contributed by atoms with Crippen LogP contribution >= 0.6 is 23.1 Å². The Bertz CT molecular complexity index is 722. The van der Waals surface area contributed by atoms with E-state index in [1.54, 1.807) is 0 Å². The Morgan fingerprint density at radius 1 is 1.44 bits per heavy atom. The summed E-state index contributed by atoms with van der Waals surface area (Å²) in [4.78, 5) is 14.4. The Kier molecular flexibility index (Phi) is 6.14. The first-order chi connectivity index (χ1) is 12.1. The number of aryl methyl sites for hydroxylation is 1. The number of likely N-dealkylation sites (tertiary alicyclic amines) is 1. The Hall–Kier alpha value is -1.80. The first-order valence-electron chi connectivity index (χ1n) is 8.30. The predicted molar refractivity (Wildman–Crippen MR) is 101 cm³/mol. The first-order valence-corrected chi connectivity index (χ1v) is 10.1. The maximum atomic E-state index is 12.4. The molecule has 1 aromatic carbocycles. The molecule has 8 heteroatoms. The van der Waals surface area contributed by atoms with Gasteiger partial charge in [-0.15, -0.1) is 10.2 Å². The molecule has 2 aromatic rings. The Morgan fingerprint density at radius 3 is 3.04 bits per heavy atom. The van der Waals surface area contributed by atoms with Crippen molar-refractivity contribution in [2.24, 2.45) is 5.92 Å². The highest BCUT2D eigenvalue weighted by Gasteiger charge is 2.24. The number of nitrogens with two attached hydrogens (primary N) is 1. The molecule has 1 aliphatic heterocycles. The zero-order valence-corrected chi connectivity index (χ0v) is 15.8. The van der Waals surface area contributed by atoms with E-state index in [2.05, 4.69) is 10.2 Å². The van der Waals surface area contributed by atoms with Crippen molar-refractivity contribution < 1.29 is 9.53 Å². The van der Waals surface area contributed by atoms with Crippen LogP contribution in [0.3, 0.4) is 0 Å². The average molecular weight is 379 g/mol. The monoisotopic (exact) mass is 378 g/mol. The smallest absolute Gasteiger partial charge is 0.233 e. The number of carbonyl (C=O) groups is 1. The van der Waals surface area contributed by atoms with Gasteiger partial charge in [-0.2, -0.15) is 0 Å². The molecule has 1 atom stereocenters. The summed E-state index contributed by atoms with van der Waals surface area (Å²) in [6.07, 6.45) is 2.11. The molecule has 1 unspecified atom stereocenters. The number of piperidine rings is 1. The maximum Gasteiger partial charge on any atom is 0.233 e. The van der Waals surface area contributed by atoms with Crippen LogP contribution in [0.2, 0.25) is 0 Å². The van der Waals surface area contributed by atoms with Crippen LogP contribution in [0, 0.1) is 12.8 Å². The summed E-state index contributed by atoms with van der Waals surface area (Å²) in [7, 11) is 0. The van der Waals surface area contributed by atoms with Gasteiger partial charge in [-0.3, -0.25) is 4.79 Å². The number of hydrogen-bond acceptors (Lipinski definition) is 7. The zero-order valence-electron chi connectivity index (χ0n) is 14.2. The van der Waals surface area contributed by atoms with Crippen LogP contribution in [0.4, 0.5) is 5.13 Å². The highest BCUT2D eigenvalue weighted by molar-refractivity contribution is 8.01. The minimum atomic E-state index is 0.138. The van der Waals surface area contributed by atoms with Gasteiger partial charge in [-0.05, 0) is 31.4 Å². The molecule has 6 nitrogen and oxygen atoms in total. The van der Waals surface area contributed by atoms with Crippen molar-refractivity contribution in [2.45, 2.75) is 24.1 Å². The van der Waals surface area contributed by atoms with Gasteiger partial charge in [0.1, 0.15) is 5.75 Å². The molecule has 1 aliphatic rings. The Morgan fingerprint density at radius 2 is 2.28 bits per heavy atom. The lowest BCUT2D eigenvalue weighted by atomic mass is 9.99. The standard InChI is InChI=1S/C17H22N4O2S2/c1-12-5-2-3-7-14(12)23-10-13-6-4-8-21(9-13)15(22)11-24-17-20-19-16(18)25-17/h2-3,5,7,13H,4,6,8-11H2,1H3,(H2,18,19). The second-order valence-corrected chi connectivity index (χ2v) is 8.35. The lowest BCUT2D eigenvalue weighted by molar-refractivity contribution is -0.130. The molecule has 2 heterocycles. The lowest BCUT2D eigenvalue weighted by Gasteiger charge is -2.32. The molecule has 1 aromatic heterocycles. The van der Waals surface area contributed by atoms with Crippen LogP contribution in [0.25, 0.3) is 0 Å². The SMILES string of the molecule is Cc1ccccc1OCC1CCCN(C(=O)CSc2nnc(N)s2)C1. The van der Waals surface area contributed by atoms with Crippen molar-refractivity contribution >= 4 is 34.1 Å². The normalized spacial score (nSPS) is 17.5. The molecule has 25 heavy (non-hydrogen) atoms. The third-order valence-electron chi connectivity index (χ3n) is 4.18. The molecule has 2 N–H and O–H groups in total. The fraction of sp³-hybridized carbons (Fsp3) is 0.471. The molecule has 1 saturated heterocycles. The van der Waals surface area contributed by atoms with Crippen molar-refractivity contribution in [3.63, 3.8) is 0 Å². The number of anilines is 1. The van der Waals surface area contributed by atoms with Gasteiger partial charge < -0.3 is 15.4 Å². The summed E-state index contributed by atoms with van der Waals surface area (Å²) in [5.41, 5.74) is 6.70. The van der Waals surface area contributed by atoms with Crippen molar-refractivity contribution in [1.82, 2.24) is 15.1 Å². The number of carbonyl (C=O) groups excluding carboxylic acids is 1. The van der Waals surface area contributed by atoms with E-state index < -0.39 is 0 Å². The number of benzene rings is 1. The number of hydrogen-bond donors (Lipinski definition) is 1. The Labute approximate surface area is 155 Å². The van der Waals surface area contributed by atoms with E-state index in [1.165, 1.54) is 23.1 Å². The third kappa shape index (κ3) is 5.09. The summed E-state index contributed by atoms with van der Waals surface area (Å²) >= 11 is 2.71. The summed E-state index contributed by atoms with van der Waals surface area (Å²) in [5, 5.41) is 8.13. The van der Waals surface area contributed by atoms with Gasteiger partial charge >= 0.3 is 0 Å². The van der Waals surface area contributed by atoms with E-state index >= 15 is 0 Å². The number of rotatable bonds is 6. The maximum absolute atomic E-state index is 12.4. The second kappa shape index (κ2) is 8.53. The number of aromatic nitrogens is 2. The second-order valence-electron chi connectivity index (χ2n) is 6.12. The molecular formula is C17H22N4O2S2. The fourth-order valence-electron chi connectivity index (χ4n) is 2.85. The van der Waals surface area contributed by atoms with Gasteiger partial charge in [0.2, 0.25) is 11.0 Å². The van der Waals surface area contributed by atoms with Crippen molar-refractivity contribution in [3.05, 3.63) is 29.8 Å². The summed E-state index contributed by atoms with van der Waals surface area (Å²) < 4.78 is 6.70. The third-order valence-corrected chi connectivity index (χ3v) is 6.05. The molecule has 0 bridgehead atoms. The van der Waals surface area contributed by atoms with E-state index in [0.717, 1.165) is 41.6 Å². The molecule has 1 fully saturated rings. The van der Waals surface area contributed by atoms with E-state index in [4.69, 9.17) is 10.5 Å². The zero-order chi connectivity index (χ0) is 17.6. The van der Waals surface area contributed by atoms with Crippen LogP contribution in [-0.2, 0) is 4.79 Å². The molecular weight excluding hydrogens is 356 g/mol. The average Bonchev–Trinajstić information content (AvgIpc) is 3.04. The lowest BCUT2D eigenvalue weighted by Crippen LogP contribution is -2.42. The number of ether oxygens (including phenoxy) is 1. The number of amides is 1. The minimum Gasteiger partial charge on any atom is -0.493 e.